The van der Waals surface area contributed by atoms with Gasteiger partial charge in [0.2, 0.25) is 0 Å². The third kappa shape index (κ3) is 1.52. The molecule has 4 aromatic rings. The van der Waals surface area contributed by atoms with Gasteiger partial charge in [-0.05, 0) is 36.1 Å². The molecule has 22 heavy (non-hydrogen) atoms. The predicted molar refractivity (Wildman–Crippen MR) is 89.5 cm³/mol. The number of aromatic nitrogens is 1. The lowest BCUT2D eigenvalue weighted by atomic mass is 9.97. The first kappa shape index (κ1) is 11.8. The first-order chi connectivity index (χ1) is 10.8. The molecule has 0 saturated carbocycles. The molecule has 5 rings (SSSR count). The topological polar surface area (TPSA) is 22.1 Å². The normalized spacial score (nSPS) is 12.2. The number of nitrogens with zero attached hydrogens (tertiary/aromatic N) is 1. The van der Waals surface area contributed by atoms with Gasteiger partial charge in [-0.25, -0.2) is 4.98 Å². The number of ether oxygens (including phenoxy) is 1. The minimum atomic E-state index is 0.836. The van der Waals surface area contributed by atoms with Gasteiger partial charge in [0.25, 0.3) is 0 Å². The van der Waals surface area contributed by atoms with E-state index in [-0.39, 0.29) is 0 Å². The van der Waals surface area contributed by atoms with Gasteiger partial charge in [0.1, 0.15) is 11.4 Å². The maximum Gasteiger partial charge on any atom is 0.154 e. The molecule has 104 valence electrons. The highest BCUT2D eigenvalue weighted by Crippen LogP contribution is 2.46. The van der Waals surface area contributed by atoms with Crippen LogP contribution in [0.15, 0.2) is 60.7 Å². The molecule has 0 radical (unpaired) electrons. The molecule has 2 nitrogen and oxygen atoms in total. The zero-order chi connectivity index (χ0) is 14.7. The second kappa shape index (κ2) is 4.08. The molecule has 0 spiro atoms. The van der Waals surface area contributed by atoms with Crippen molar-refractivity contribution in [3.05, 3.63) is 66.2 Å². The van der Waals surface area contributed by atoms with Crippen LogP contribution in [0.3, 0.4) is 0 Å². The smallest absolute Gasteiger partial charge is 0.154 e. The van der Waals surface area contributed by atoms with Gasteiger partial charge in [-0.2, -0.15) is 0 Å². The van der Waals surface area contributed by atoms with Crippen molar-refractivity contribution in [3.8, 4) is 22.8 Å². The van der Waals surface area contributed by atoms with Crippen LogP contribution in [-0.4, -0.2) is 4.98 Å². The minimum Gasteiger partial charge on any atom is -0.454 e. The summed E-state index contributed by atoms with van der Waals surface area (Å²) in [6.45, 7) is 2.09. The second-order valence-electron chi connectivity index (χ2n) is 5.79. The summed E-state index contributed by atoms with van der Waals surface area (Å²) in [6, 6.07) is 20.9. The van der Waals surface area contributed by atoms with Crippen molar-refractivity contribution in [2.75, 3.05) is 0 Å². The van der Waals surface area contributed by atoms with Crippen LogP contribution < -0.4 is 4.74 Å². The summed E-state index contributed by atoms with van der Waals surface area (Å²) in [5, 5.41) is 3.44. The minimum absolute atomic E-state index is 0.836. The summed E-state index contributed by atoms with van der Waals surface area (Å²) in [6.07, 6.45) is 0. The fraction of sp³-hybridized carbons (Fsp3) is 0.0500. The average molecular weight is 283 g/mol. The lowest BCUT2D eigenvalue weighted by Crippen LogP contribution is -1.99. The Morgan fingerprint density at radius 1 is 0.818 bits per heavy atom. The lowest BCUT2D eigenvalue weighted by molar-refractivity contribution is 0.485. The number of benzene rings is 3. The summed E-state index contributed by atoms with van der Waals surface area (Å²) < 4.78 is 6.13. The predicted octanol–water partition coefficient (Wildman–Crippen LogP) is 5.47. The van der Waals surface area contributed by atoms with Crippen LogP contribution in [0.1, 0.15) is 5.56 Å². The molecular weight excluding hydrogens is 270 g/mol. The van der Waals surface area contributed by atoms with Crippen LogP contribution >= 0.6 is 0 Å². The molecule has 1 aliphatic rings. The largest absolute Gasteiger partial charge is 0.454 e. The van der Waals surface area contributed by atoms with Crippen LogP contribution in [0.25, 0.3) is 32.9 Å². The molecule has 0 saturated heterocycles. The Labute approximate surface area is 128 Å². The van der Waals surface area contributed by atoms with E-state index in [4.69, 9.17) is 9.72 Å². The Kier molecular flexibility index (Phi) is 2.18. The molecule has 0 amide bonds. The van der Waals surface area contributed by atoms with Crippen molar-refractivity contribution in [2.45, 2.75) is 6.92 Å². The number of aryl methyl sites for hydroxylation is 1. The molecule has 0 aliphatic carbocycles. The summed E-state index contributed by atoms with van der Waals surface area (Å²) >= 11 is 0. The molecule has 0 unspecified atom stereocenters. The maximum absolute atomic E-state index is 6.13. The van der Waals surface area contributed by atoms with E-state index in [0.717, 1.165) is 39.0 Å². The molecule has 0 N–H and O–H groups in total. The maximum atomic E-state index is 6.13. The fourth-order valence-corrected chi connectivity index (χ4v) is 3.24. The number of pyridine rings is 1. The van der Waals surface area contributed by atoms with Crippen molar-refractivity contribution in [1.29, 1.82) is 0 Å². The molecule has 3 aromatic carbocycles. The van der Waals surface area contributed by atoms with Gasteiger partial charge in [-0.1, -0.05) is 42.5 Å². The van der Waals surface area contributed by atoms with Gasteiger partial charge < -0.3 is 4.74 Å². The number of hydrogen-bond acceptors (Lipinski definition) is 2. The zero-order valence-corrected chi connectivity index (χ0v) is 12.1. The van der Waals surface area contributed by atoms with Crippen LogP contribution in [0.5, 0.6) is 11.5 Å². The summed E-state index contributed by atoms with van der Waals surface area (Å²) in [7, 11) is 0. The monoisotopic (exact) mass is 283 g/mol. The highest BCUT2D eigenvalue weighted by molar-refractivity contribution is 6.04. The quantitative estimate of drug-likeness (QED) is 0.376. The van der Waals surface area contributed by atoms with Gasteiger partial charge in [0.05, 0.1) is 5.52 Å². The van der Waals surface area contributed by atoms with Gasteiger partial charge in [-0.3, -0.25) is 0 Å². The number of rotatable bonds is 0. The van der Waals surface area contributed by atoms with Crippen molar-refractivity contribution >= 4 is 21.7 Å². The Balaban J connectivity index is 1.92. The molecule has 1 aliphatic heterocycles. The SMILES string of the molecule is Cc1ccc2cc3c(nc2c1)-c1cccc2cccc(c12)O3. The molecule has 0 bridgehead atoms. The van der Waals surface area contributed by atoms with Crippen molar-refractivity contribution < 1.29 is 4.74 Å². The highest BCUT2D eigenvalue weighted by atomic mass is 16.5. The van der Waals surface area contributed by atoms with Crippen LogP contribution in [0, 0.1) is 6.92 Å². The van der Waals surface area contributed by atoms with E-state index in [2.05, 4.69) is 55.5 Å². The summed E-state index contributed by atoms with van der Waals surface area (Å²) in [5.41, 5.74) is 4.31. The van der Waals surface area contributed by atoms with Crippen molar-refractivity contribution in [3.63, 3.8) is 0 Å². The van der Waals surface area contributed by atoms with Crippen LogP contribution in [0.2, 0.25) is 0 Å². The average Bonchev–Trinajstić information content (AvgIpc) is 2.54. The van der Waals surface area contributed by atoms with Crippen molar-refractivity contribution in [2.24, 2.45) is 0 Å². The van der Waals surface area contributed by atoms with E-state index in [9.17, 15) is 0 Å². The van der Waals surface area contributed by atoms with E-state index in [1.807, 2.05) is 12.1 Å². The van der Waals surface area contributed by atoms with Crippen LogP contribution in [0.4, 0.5) is 0 Å². The Bertz CT molecular complexity index is 1060. The van der Waals surface area contributed by atoms with Gasteiger partial charge >= 0.3 is 0 Å². The fourth-order valence-electron chi connectivity index (χ4n) is 3.24. The number of hydrogen-bond donors (Lipinski definition) is 0. The summed E-state index contributed by atoms with van der Waals surface area (Å²) in [4.78, 5) is 4.88. The molecule has 2 heterocycles. The molecule has 0 fully saturated rings. The molecule has 0 atom stereocenters. The molecule has 1 aromatic heterocycles. The Morgan fingerprint density at radius 3 is 2.59 bits per heavy atom. The number of fused-ring (bicyclic) bond motifs is 3. The van der Waals surface area contributed by atoms with E-state index >= 15 is 0 Å². The Hall–Kier alpha value is -2.87. The summed E-state index contributed by atoms with van der Waals surface area (Å²) in [5.74, 6) is 1.75. The second-order valence-corrected chi connectivity index (χ2v) is 5.79. The molecular formula is C20H13NO. The van der Waals surface area contributed by atoms with Crippen LogP contribution in [-0.2, 0) is 0 Å². The Morgan fingerprint density at radius 2 is 1.68 bits per heavy atom. The van der Waals surface area contributed by atoms with E-state index < -0.39 is 0 Å². The zero-order valence-electron chi connectivity index (χ0n) is 12.1. The molecule has 2 heteroatoms. The first-order valence-electron chi connectivity index (χ1n) is 7.41. The third-order valence-corrected chi connectivity index (χ3v) is 4.28. The van der Waals surface area contributed by atoms with E-state index in [1.54, 1.807) is 0 Å². The highest BCUT2D eigenvalue weighted by Gasteiger charge is 2.21. The van der Waals surface area contributed by atoms with E-state index in [0.29, 0.717) is 0 Å². The van der Waals surface area contributed by atoms with Gasteiger partial charge in [0.15, 0.2) is 5.75 Å². The standard InChI is InChI=1S/C20H13NO/c1-12-8-9-14-11-18-20(21-16(14)10-12)15-6-2-4-13-5-3-7-17(22-18)19(13)15/h2-11H,1H3. The van der Waals surface area contributed by atoms with E-state index in [1.165, 1.54) is 10.9 Å². The lowest BCUT2D eigenvalue weighted by Gasteiger charge is -2.20. The van der Waals surface area contributed by atoms with Gasteiger partial charge in [-0.15, -0.1) is 0 Å². The van der Waals surface area contributed by atoms with Crippen molar-refractivity contribution in [1.82, 2.24) is 4.98 Å². The first-order valence-corrected chi connectivity index (χ1v) is 7.41. The third-order valence-electron chi connectivity index (χ3n) is 4.28. The van der Waals surface area contributed by atoms with Gasteiger partial charge in [0, 0.05) is 16.3 Å².